The molecular weight excluding hydrogens is 368 g/mol. The van der Waals surface area contributed by atoms with Crippen molar-refractivity contribution < 1.29 is 14.0 Å². The molecule has 0 saturated carbocycles. The van der Waals surface area contributed by atoms with Crippen LogP contribution in [-0.4, -0.2) is 40.1 Å². The first-order valence-corrected chi connectivity index (χ1v) is 9.41. The smallest absolute Gasteiger partial charge is 0.289 e. The Labute approximate surface area is 170 Å². The molecule has 0 aliphatic heterocycles. The van der Waals surface area contributed by atoms with Gasteiger partial charge in [-0.15, -0.1) is 0 Å². The molecule has 152 valence electrons. The molecule has 0 spiro atoms. The van der Waals surface area contributed by atoms with Crippen LogP contribution in [0.5, 0.6) is 0 Å². The van der Waals surface area contributed by atoms with Crippen molar-refractivity contribution in [1.82, 2.24) is 14.7 Å². The van der Waals surface area contributed by atoms with Crippen molar-refractivity contribution in [3.8, 4) is 5.69 Å². The lowest BCUT2D eigenvalue weighted by molar-refractivity contribution is -0.116. The van der Waals surface area contributed by atoms with E-state index in [4.69, 9.17) is 9.52 Å². The minimum atomic E-state index is -0.354. The van der Waals surface area contributed by atoms with Crippen LogP contribution in [0.25, 0.3) is 5.69 Å². The average molecular weight is 394 g/mol. The Kier molecular flexibility index (Phi) is 5.59. The van der Waals surface area contributed by atoms with Crippen LogP contribution in [-0.2, 0) is 10.2 Å². The van der Waals surface area contributed by atoms with Gasteiger partial charge in [-0.1, -0.05) is 32.9 Å². The second-order valence-electron chi connectivity index (χ2n) is 8.10. The van der Waals surface area contributed by atoms with Gasteiger partial charge in [0.1, 0.15) is 12.4 Å². The Morgan fingerprint density at radius 2 is 1.93 bits per heavy atom. The average Bonchev–Trinajstić information content (AvgIpc) is 3.30. The summed E-state index contributed by atoms with van der Waals surface area (Å²) in [5.74, 6) is 0.0823. The monoisotopic (exact) mass is 394 g/mol. The van der Waals surface area contributed by atoms with Gasteiger partial charge >= 0.3 is 0 Å². The fourth-order valence-electron chi connectivity index (χ4n) is 2.85. The van der Waals surface area contributed by atoms with Gasteiger partial charge in [0, 0.05) is 18.5 Å². The minimum absolute atomic E-state index is 0.108. The van der Waals surface area contributed by atoms with Crippen LogP contribution in [0.4, 0.5) is 5.82 Å². The molecule has 29 heavy (non-hydrogen) atoms. The summed E-state index contributed by atoms with van der Waals surface area (Å²) in [5, 5.41) is 7.60. The van der Waals surface area contributed by atoms with Gasteiger partial charge in [0.15, 0.2) is 5.76 Å². The Balaban J connectivity index is 1.83. The van der Waals surface area contributed by atoms with Crippen molar-refractivity contribution in [1.29, 1.82) is 0 Å². The first-order valence-electron chi connectivity index (χ1n) is 9.41. The fourth-order valence-corrected chi connectivity index (χ4v) is 2.85. The lowest BCUT2D eigenvalue weighted by Gasteiger charge is -2.16. The van der Waals surface area contributed by atoms with E-state index >= 15 is 0 Å². The van der Waals surface area contributed by atoms with Crippen LogP contribution in [0.1, 0.15) is 42.6 Å². The molecule has 2 amide bonds. The van der Waals surface area contributed by atoms with Gasteiger partial charge in [0.2, 0.25) is 5.91 Å². The van der Waals surface area contributed by atoms with E-state index in [-0.39, 0.29) is 29.5 Å². The molecule has 1 N–H and O–H groups in total. The first kappa shape index (κ1) is 20.4. The number of nitrogens with one attached hydrogen (secondary N) is 1. The van der Waals surface area contributed by atoms with Gasteiger partial charge in [0.05, 0.1) is 17.6 Å². The topological polar surface area (TPSA) is 80.4 Å². The third-order valence-electron chi connectivity index (χ3n) is 4.45. The summed E-state index contributed by atoms with van der Waals surface area (Å²) in [7, 11) is 1.56. The van der Waals surface area contributed by atoms with E-state index in [1.54, 1.807) is 23.9 Å². The van der Waals surface area contributed by atoms with Crippen molar-refractivity contribution >= 4 is 17.6 Å². The van der Waals surface area contributed by atoms with Crippen molar-refractivity contribution in [2.75, 3.05) is 18.9 Å². The van der Waals surface area contributed by atoms with Gasteiger partial charge in [-0.2, -0.15) is 5.10 Å². The van der Waals surface area contributed by atoms with Gasteiger partial charge in [-0.3, -0.25) is 9.59 Å². The normalized spacial score (nSPS) is 11.3. The van der Waals surface area contributed by atoms with Crippen LogP contribution < -0.4 is 5.32 Å². The molecular formula is C22H26N4O3. The third-order valence-corrected chi connectivity index (χ3v) is 4.45. The molecule has 0 saturated heterocycles. The summed E-state index contributed by atoms with van der Waals surface area (Å²) in [6.07, 6.45) is 1.43. The summed E-state index contributed by atoms with van der Waals surface area (Å²) in [6, 6.07) is 13.0. The molecule has 2 aromatic heterocycles. The number of carbonyl (C=O) groups is 2. The number of aromatic nitrogens is 2. The Bertz CT molecular complexity index is 1010. The molecule has 0 atom stereocenters. The quantitative estimate of drug-likeness (QED) is 0.714. The summed E-state index contributed by atoms with van der Waals surface area (Å²) in [4.78, 5) is 26.2. The number of rotatable bonds is 5. The van der Waals surface area contributed by atoms with Crippen LogP contribution in [0.2, 0.25) is 0 Å². The van der Waals surface area contributed by atoms with E-state index in [1.807, 2.05) is 37.3 Å². The standard InChI is InChI=1S/C22H26N4O3/c1-15-8-6-9-16(12-15)26-19(13-18(24-26)22(2,3)4)23-20(27)14-25(5)21(28)17-10-7-11-29-17/h6-13H,14H2,1-5H3,(H,23,27). The Hall–Kier alpha value is -3.35. The summed E-state index contributed by atoms with van der Waals surface area (Å²) in [5.41, 5.74) is 2.63. The van der Waals surface area contributed by atoms with E-state index in [9.17, 15) is 9.59 Å². The summed E-state index contributed by atoms with van der Waals surface area (Å²) < 4.78 is 6.83. The predicted molar refractivity (Wildman–Crippen MR) is 111 cm³/mol. The largest absolute Gasteiger partial charge is 0.459 e. The van der Waals surface area contributed by atoms with E-state index in [0.717, 1.165) is 16.9 Å². The Morgan fingerprint density at radius 3 is 2.55 bits per heavy atom. The molecule has 0 unspecified atom stereocenters. The lowest BCUT2D eigenvalue weighted by Crippen LogP contribution is -2.35. The second kappa shape index (κ2) is 7.95. The number of anilines is 1. The number of likely N-dealkylation sites (N-methyl/N-ethyl adjacent to an activating group) is 1. The van der Waals surface area contributed by atoms with Crippen LogP contribution >= 0.6 is 0 Å². The van der Waals surface area contributed by atoms with Crippen molar-refractivity contribution in [3.63, 3.8) is 0 Å². The van der Waals surface area contributed by atoms with E-state index in [1.165, 1.54) is 11.2 Å². The number of furan rings is 1. The zero-order chi connectivity index (χ0) is 21.2. The van der Waals surface area contributed by atoms with E-state index < -0.39 is 0 Å². The maximum atomic E-state index is 12.6. The van der Waals surface area contributed by atoms with Crippen LogP contribution in [0, 0.1) is 6.92 Å². The number of hydrogen-bond acceptors (Lipinski definition) is 4. The highest BCUT2D eigenvalue weighted by Crippen LogP contribution is 2.26. The predicted octanol–water partition coefficient (Wildman–Crippen LogP) is 3.78. The molecule has 0 aliphatic rings. The molecule has 3 aromatic rings. The van der Waals surface area contributed by atoms with Crippen LogP contribution in [0.3, 0.4) is 0 Å². The highest BCUT2D eigenvalue weighted by atomic mass is 16.3. The van der Waals surface area contributed by atoms with Gasteiger partial charge in [-0.05, 0) is 36.8 Å². The molecule has 7 nitrogen and oxygen atoms in total. The molecule has 7 heteroatoms. The molecule has 0 radical (unpaired) electrons. The van der Waals surface area contributed by atoms with Crippen molar-refractivity contribution in [2.24, 2.45) is 0 Å². The molecule has 0 bridgehead atoms. The SMILES string of the molecule is Cc1cccc(-n2nc(C(C)(C)C)cc2NC(=O)CN(C)C(=O)c2ccco2)c1. The summed E-state index contributed by atoms with van der Waals surface area (Å²) >= 11 is 0. The maximum Gasteiger partial charge on any atom is 0.289 e. The van der Waals surface area contributed by atoms with Crippen molar-refractivity contribution in [2.45, 2.75) is 33.1 Å². The first-order chi connectivity index (χ1) is 13.6. The van der Waals surface area contributed by atoms with Gasteiger partial charge in [-0.25, -0.2) is 4.68 Å². The van der Waals surface area contributed by atoms with Crippen LogP contribution in [0.15, 0.2) is 53.1 Å². The second-order valence-corrected chi connectivity index (χ2v) is 8.10. The van der Waals surface area contributed by atoms with Gasteiger partial charge in [0.25, 0.3) is 5.91 Å². The van der Waals surface area contributed by atoms with E-state index in [2.05, 4.69) is 26.1 Å². The van der Waals surface area contributed by atoms with Crippen molar-refractivity contribution in [3.05, 3.63) is 65.7 Å². The minimum Gasteiger partial charge on any atom is -0.459 e. The molecule has 2 heterocycles. The zero-order valence-electron chi connectivity index (χ0n) is 17.4. The number of aryl methyl sites for hydroxylation is 1. The molecule has 1 aromatic carbocycles. The molecule has 0 fully saturated rings. The van der Waals surface area contributed by atoms with E-state index in [0.29, 0.717) is 5.82 Å². The number of amides is 2. The lowest BCUT2D eigenvalue weighted by atomic mass is 9.92. The fraction of sp³-hybridized carbons (Fsp3) is 0.318. The number of nitrogens with zero attached hydrogens (tertiary/aromatic N) is 3. The highest BCUT2D eigenvalue weighted by Gasteiger charge is 2.23. The third kappa shape index (κ3) is 4.74. The number of carbonyl (C=O) groups excluding carboxylic acids is 2. The zero-order valence-corrected chi connectivity index (χ0v) is 17.4. The molecule has 0 aliphatic carbocycles. The summed E-state index contributed by atoms with van der Waals surface area (Å²) in [6.45, 7) is 8.10. The molecule has 3 rings (SSSR count). The number of benzene rings is 1. The highest BCUT2D eigenvalue weighted by molar-refractivity contribution is 5.97. The Morgan fingerprint density at radius 1 is 1.17 bits per heavy atom. The maximum absolute atomic E-state index is 12.6. The number of hydrogen-bond donors (Lipinski definition) is 1. The van der Waals surface area contributed by atoms with Gasteiger partial charge < -0.3 is 14.6 Å².